The minimum absolute atomic E-state index is 0. The summed E-state index contributed by atoms with van der Waals surface area (Å²) in [5, 5.41) is 2.47. The summed E-state index contributed by atoms with van der Waals surface area (Å²) in [5.74, 6) is 6.44. The molecule has 3 heterocycles. The van der Waals surface area contributed by atoms with Gasteiger partial charge in [0.05, 0.1) is 0 Å². The zero-order valence-electron chi connectivity index (χ0n) is 32.4. The van der Waals surface area contributed by atoms with E-state index in [0.29, 0.717) is 22.4 Å². The van der Waals surface area contributed by atoms with Crippen LogP contribution in [0, 0.1) is 23.9 Å². The van der Waals surface area contributed by atoms with Gasteiger partial charge in [-0.25, -0.2) is 0 Å². The van der Waals surface area contributed by atoms with Crippen LogP contribution in [0.2, 0.25) is 17.3 Å². The Labute approximate surface area is 321 Å². The summed E-state index contributed by atoms with van der Waals surface area (Å²) >= 11 is -0.593. The van der Waals surface area contributed by atoms with Gasteiger partial charge in [0.15, 0.2) is 0 Å². The summed E-state index contributed by atoms with van der Waals surface area (Å²) in [4.78, 5) is 9.07. The predicted molar refractivity (Wildman–Crippen MR) is 208 cm³/mol. The van der Waals surface area contributed by atoms with Crippen LogP contribution < -0.4 is 4.40 Å². The molecule has 1 fully saturated rings. The monoisotopic (exact) mass is 919 g/mol. The van der Waals surface area contributed by atoms with Crippen molar-refractivity contribution in [3.8, 4) is 22.5 Å². The van der Waals surface area contributed by atoms with E-state index in [-0.39, 0.29) is 31.8 Å². The summed E-state index contributed by atoms with van der Waals surface area (Å²) in [6, 6.07) is 37.9. The summed E-state index contributed by atoms with van der Waals surface area (Å²) in [7, 11) is 0. The minimum Gasteiger partial charge on any atom is -0.305 e. The summed E-state index contributed by atoms with van der Waals surface area (Å²) in [6.07, 6.45) is 4.84. The molecule has 0 saturated heterocycles. The molecule has 0 unspecified atom stereocenters. The van der Waals surface area contributed by atoms with Crippen molar-refractivity contribution >= 4 is 49.2 Å². The molecule has 1 radical (unpaired) electrons. The number of halogens is 1. The van der Waals surface area contributed by atoms with Crippen LogP contribution >= 0.6 is 11.3 Å². The Morgan fingerprint density at radius 3 is 2.28 bits per heavy atom. The standard InChI is InChI=1S/C23H20NS.C21H21FGeN.Ir/c1-2-6-16(5-1)13-17-11-12-24-21(14-17)18-9-10-23-20(15-18)19-7-3-4-8-22(19)25-23;1-23(2,3)20-15-24-21(17-9-11-19(22)12-10-17)14-18(20)13-16-7-5-4-6-8-16;/h3-4,7-8,10-12,14-16H,1-2,5-6,13H2;4-9,11-12,14-15H,13H2,1-3H3;/q2*-1;/i2*13D2;. The maximum absolute atomic E-state index is 13.2. The molecule has 0 N–H and O–H groups in total. The third-order valence-electron chi connectivity index (χ3n) is 8.89. The summed E-state index contributed by atoms with van der Waals surface area (Å²) in [6.45, 7) is 0. The smallest absolute Gasteiger partial charge is 0.0319 e. The molecule has 0 aliphatic heterocycles. The Morgan fingerprint density at radius 1 is 0.780 bits per heavy atom. The second kappa shape index (κ2) is 16.2. The Bertz CT molecular complexity index is 2370. The number of hydrogen-bond acceptors (Lipinski definition) is 3. The first-order valence-corrected chi connectivity index (χ1v) is 25.0. The Morgan fingerprint density at radius 2 is 1.52 bits per heavy atom. The van der Waals surface area contributed by atoms with E-state index in [1.54, 1.807) is 23.6 Å². The average Bonchev–Trinajstić information content (AvgIpc) is 3.85. The number of hydrogen-bond donors (Lipinski definition) is 0. The van der Waals surface area contributed by atoms with Crippen LogP contribution in [0.4, 0.5) is 4.39 Å². The van der Waals surface area contributed by atoms with Crippen molar-refractivity contribution in [1.82, 2.24) is 9.97 Å². The van der Waals surface area contributed by atoms with E-state index >= 15 is 0 Å². The third kappa shape index (κ3) is 8.69. The first-order valence-electron chi connectivity index (χ1n) is 18.9. The molecule has 4 aromatic carbocycles. The number of aromatic nitrogens is 2. The van der Waals surface area contributed by atoms with E-state index in [2.05, 4.69) is 69.7 Å². The third-order valence-corrected chi connectivity index (χ3v) is 14.2. The number of pyridine rings is 2. The van der Waals surface area contributed by atoms with Gasteiger partial charge in [0.1, 0.15) is 0 Å². The molecule has 0 amide bonds. The molecule has 0 spiro atoms. The fourth-order valence-corrected chi connectivity index (χ4v) is 10.3. The number of thiophene rings is 1. The fraction of sp³-hybridized carbons (Fsp3) is 0.227. The van der Waals surface area contributed by atoms with Gasteiger partial charge in [-0.1, -0.05) is 60.9 Å². The summed E-state index contributed by atoms with van der Waals surface area (Å²) < 4.78 is 51.7. The zero-order valence-corrected chi connectivity index (χ0v) is 33.7. The van der Waals surface area contributed by atoms with Crippen LogP contribution in [0.5, 0.6) is 0 Å². The normalized spacial score (nSPS) is 15.0. The van der Waals surface area contributed by atoms with Crippen LogP contribution in [0.1, 0.15) is 47.9 Å². The zero-order chi connectivity index (χ0) is 37.4. The maximum atomic E-state index is 13.2. The van der Waals surface area contributed by atoms with Crippen molar-refractivity contribution in [2.75, 3.05) is 0 Å². The first kappa shape index (κ1) is 31.3. The second-order valence-corrected chi connectivity index (χ2v) is 25.2. The SMILES string of the molecule is [2H]C([2H])(c1ccccc1)c1cc(-c2[c-]cc(F)cc2)nc[c]1[Ge]([CH3])([CH3])[CH3].[2H]C([2H])(c1ccnc(-c2[c-]cc3sc4ccccc4c3c2)c1)C1CCCC1.[Ir]. The van der Waals surface area contributed by atoms with Crippen molar-refractivity contribution in [2.24, 2.45) is 5.92 Å². The van der Waals surface area contributed by atoms with Gasteiger partial charge in [0, 0.05) is 33.7 Å². The molecule has 255 valence electrons. The number of nitrogens with zero attached hydrogens (tertiary/aromatic N) is 2. The van der Waals surface area contributed by atoms with E-state index < -0.39 is 26.0 Å². The molecule has 8 rings (SSSR count). The number of benzene rings is 4. The molecule has 1 saturated carbocycles. The predicted octanol–water partition coefficient (Wildman–Crippen LogP) is 11.5. The van der Waals surface area contributed by atoms with Gasteiger partial charge in [-0.2, -0.15) is 11.3 Å². The van der Waals surface area contributed by atoms with Crippen LogP contribution in [0.15, 0.2) is 116 Å². The molecule has 6 heteroatoms. The van der Waals surface area contributed by atoms with Crippen LogP contribution in [-0.2, 0) is 32.9 Å². The van der Waals surface area contributed by atoms with Crippen molar-refractivity contribution in [1.29, 1.82) is 0 Å². The quantitative estimate of drug-likeness (QED) is 0.118. The van der Waals surface area contributed by atoms with Gasteiger partial charge in [0.25, 0.3) is 0 Å². The van der Waals surface area contributed by atoms with Crippen molar-refractivity contribution in [3.05, 3.63) is 150 Å². The number of fused-ring (bicyclic) bond motifs is 3. The largest absolute Gasteiger partial charge is 0.305 e. The Hall–Kier alpha value is -3.48. The van der Waals surface area contributed by atoms with Crippen LogP contribution in [0.25, 0.3) is 42.7 Å². The van der Waals surface area contributed by atoms with Crippen LogP contribution in [0.3, 0.4) is 0 Å². The summed E-state index contributed by atoms with van der Waals surface area (Å²) in [5.41, 5.74) is 5.00. The topological polar surface area (TPSA) is 25.8 Å². The van der Waals surface area contributed by atoms with Gasteiger partial charge in [0.2, 0.25) is 0 Å². The Kier molecular flexibility index (Phi) is 10.2. The first-order chi connectivity index (χ1) is 25.3. The van der Waals surface area contributed by atoms with E-state index in [9.17, 15) is 4.39 Å². The van der Waals surface area contributed by atoms with Gasteiger partial charge in [-0.3, -0.25) is 0 Å². The number of rotatable bonds is 7. The molecular weight excluding hydrogens is 872 g/mol. The van der Waals surface area contributed by atoms with Crippen LogP contribution in [-0.4, -0.2) is 23.2 Å². The molecule has 50 heavy (non-hydrogen) atoms. The van der Waals surface area contributed by atoms with Crippen molar-refractivity contribution < 1.29 is 30.0 Å². The van der Waals surface area contributed by atoms with Gasteiger partial charge in [-0.15, -0.1) is 23.8 Å². The second-order valence-electron chi connectivity index (χ2n) is 13.6. The average molecular weight is 918 g/mol. The minimum atomic E-state index is -2.37. The molecule has 0 bridgehead atoms. The molecule has 3 aromatic heterocycles. The van der Waals surface area contributed by atoms with Gasteiger partial charge < -0.3 is 4.98 Å². The maximum Gasteiger partial charge on any atom is 0.0319 e. The molecular formula is C44H41FGeIrN2S-2. The molecule has 2 nitrogen and oxygen atoms in total. The Balaban J connectivity index is 0.000000181. The van der Waals surface area contributed by atoms with E-state index in [0.717, 1.165) is 46.9 Å². The molecule has 1 aliphatic rings. The van der Waals surface area contributed by atoms with Crippen molar-refractivity contribution in [3.63, 3.8) is 0 Å². The molecule has 1 aliphatic carbocycles. The van der Waals surface area contributed by atoms with E-state index in [1.165, 1.54) is 32.3 Å². The van der Waals surface area contributed by atoms with E-state index in [1.807, 2.05) is 60.8 Å². The van der Waals surface area contributed by atoms with Gasteiger partial charge >= 0.3 is 148 Å². The van der Waals surface area contributed by atoms with Gasteiger partial charge in [-0.05, 0) is 40.2 Å². The van der Waals surface area contributed by atoms with Crippen molar-refractivity contribution in [2.45, 2.75) is 55.7 Å². The molecule has 0 atom stereocenters. The fourth-order valence-electron chi connectivity index (χ4n) is 6.34. The van der Waals surface area contributed by atoms with E-state index in [4.69, 9.17) is 5.48 Å². The molecule has 7 aromatic rings.